The Morgan fingerprint density at radius 3 is 2.78 bits per heavy atom. The molecule has 2 heterocycles. The second-order valence-corrected chi connectivity index (χ2v) is 9.15. The van der Waals surface area contributed by atoms with E-state index in [9.17, 15) is 4.79 Å². The lowest BCUT2D eigenvalue weighted by molar-refractivity contribution is -0.133. The lowest BCUT2D eigenvalue weighted by Crippen LogP contribution is -2.51. The number of likely N-dealkylation sites (tertiary alicyclic amines) is 1. The summed E-state index contributed by atoms with van der Waals surface area (Å²) in [6, 6.07) is 6.12. The lowest BCUT2D eigenvalue weighted by atomic mass is 9.72. The molecule has 0 bridgehead atoms. The van der Waals surface area contributed by atoms with Gasteiger partial charge in [-0.25, -0.2) is 0 Å². The number of hydrogen-bond donors (Lipinski definition) is 0. The first kappa shape index (κ1) is 22.4. The molecule has 1 aliphatic heterocycles. The Labute approximate surface area is 190 Å². The highest BCUT2D eigenvalue weighted by molar-refractivity contribution is 5.92. The summed E-state index contributed by atoms with van der Waals surface area (Å²) in [6.45, 7) is 7.35. The van der Waals surface area contributed by atoms with Gasteiger partial charge in [0.15, 0.2) is 11.5 Å². The highest BCUT2D eigenvalue weighted by atomic mass is 16.5. The van der Waals surface area contributed by atoms with Gasteiger partial charge in [0.05, 0.1) is 18.4 Å². The van der Waals surface area contributed by atoms with E-state index in [1.807, 2.05) is 38.1 Å². The number of hydrogen-bond acceptors (Lipinski definition) is 5. The van der Waals surface area contributed by atoms with E-state index in [4.69, 9.17) is 14.0 Å². The molecule has 1 saturated carbocycles. The number of carbonyl (C=O) groups is 1. The second kappa shape index (κ2) is 9.80. The molecule has 0 radical (unpaired) electrons. The number of rotatable bonds is 6. The molecule has 0 unspecified atom stereocenters. The summed E-state index contributed by atoms with van der Waals surface area (Å²) in [6.07, 6.45) is 9.61. The summed E-state index contributed by atoms with van der Waals surface area (Å²) in [7, 11) is 1.62. The largest absolute Gasteiger partial charge is 0.493 e. The fourth-order valence-electron chi connectivity index (χ4n) is 5.22. The van der Waals surface area contributed by atoms with Crippen molar-refractivity contribution in [1.82, 2.24) is 10.1 Å². The normalized spacial score (nSPS) is 23.2. The van der Waals surface area contributed by atoms with Gasteiger partial charge in [-0.05, 0) is 68.7 Å². The van der Waals surface area contributed by atoms with Gasteiger partial charge in [0.25, 0.3) is 0 Å². The number of carbonyl (C=O) groups excluding carboxylic acids is 1. The molecule has 0 spiro atoms. The van der Waals surface area contributed by atoms with Crippen LogP contribution in [0.25, 0.3) is 6.08 Å². The van der Waals surface area contributed by atoms with Gasteiger partial charge in [-0.1, -0.05) is 31.0 Å². The Balaban J connectivity index is 1.43. The Morgan fingerprint density at radius 2 is 2.03 bits per heavy atom. The first-order valence-electron chi connectivity index (χ1n) is 11.7. The molecular formula is C26H34N2O4. The van der Waals surface area contributed by atoms with Crippen LogP contribution < -0.4 is 9.47 Å². The molecule has 1 saturated heterocycles. The van der Waals surface area contributed by atoms with E-state index < -0.39 is 0 Å². The molecule has 0 N–H and O–H groups in total. The highest BCUT2D eigenvalue weighted by Gasteiger charge is 2.38. The molecule has 6 nitrogen and oxygen atoms in total. The van der Waals surface area contributed by atoms with Crippen LogP contribution in [0.15, 0.2) is 28.8 Å². The van der Waals surface area contributed by atoms with E-state index in [0.717, 1.165) is 47.9 Å². The second-order valence-electron chi connectivity index (χ2n) is 9.15. The number of methoxy groups -OCH3 is 1. The van der Waals surface area contributed by atoms with Gasteiger partial charge in [-0.3, -0.25) is 4.79 Å². The Kier molecular flexibility index (Phi) is 6.87. The standard InChI is InChI=1S/C26H34N2O4/c1-17-13-14-28(23-8-6-5-7-21(17)23)26(29)12-10-20-9-11-24(25(15-20)30-4)31-16-22-18(2)27-32-19(22)3/h9-12,15,17,21,23H,5-8,13-14,16H2,1-4H3/b12-10+/t17-,21-,23-/m0/s1. The zero-order valence-electron chi connectivity index (χ0n) is 19.6. The molecule has 1 aromatic carbocycles. The predicted octanol–water partition coefficient (Wildman–Crippen LogP) is 5.32. The van der Waals surface area contributed by atoms with Gasteiger partial charge >= 0.3 is 0 Å². The van der Waals surface area contributed by atoms with E-state index >= 15 is 0 Å². The average molecular weight is 439 g/mol. The molecule has 4 rings (SSSR count). The number of ether oxygens (including phenoxy) is 2. The number of piperidine rings is 1. The van der Waals surface area contributed by atoms with Crippen molar-refractivity contribution in [3.8, 4) is 11.5 Å². The van der Waals surface area contributed by atoms with Crippen LogP contribution >= 0.6 is 0 Å². The van der Waals surface area contributed by atoms with E-state index in [0.29, 0.717) is 30.1 Å². The van der Waals surface area contributed by atoms with Gasteiger partial charge in [-0.2, -0.15) is 0 Å². The number of nitrogens with zero attached hydrogens (tertiary/aromatic N) is 2. The first-order chi connectivity index (χ1) is 15.5. The Morgan fingerprint density at radius 1 is 1.22 bits per heavy atom. The number of fused-ring (bicyclic) bond motifs is 1. The molecule has 172 valence electrons. The van der Waals surface area contributed by atoms with Crippen molar-refractivity contribution in [1.29, 1.82) is 0 Å². The van der Waals surface area contributed by atoms with Crippen molar-refractivity contribution in [2.45, 2.75) is 65.5 Å². The number of aromatic nitrogens is 1. The first-order valence-corrected chi connectivity index (χ1v) is 11.7. The summed E-state index contributed by atoms with van der Waals surface area (Å²) in [4.78, 5) is 15.1. The Hall–Kier alpha value is -2.76. The van der Waals surface area contributed by atoms with Crippen LogP contribution in [0.2, 0.25) is 0 Å². The van der Waals surface area contributed by atoms with E-state index in [1.54, 1.807) is 13.2 Å². The van der Waals surface area contributed by atoms with Gasteiger partial charge < -0.3 is 18.9 Å². The maximum absolute atomic E-state index is 13.0. The Bertz CT molecular complexity index is 961. The lowest BCUT2D eigenvalue weighted by Gasteiger charge is -2.47. The van der Waals surface area contributed by atoms with E-state index in [-0.39, 0.29) is 5.91 Å². The van der Waals surface area contributed by atoms with Gasteiger partial charge in [0.2, 0.25) is 5.91 Å². The molecule has 2 aromatic rings. The molecule has 6 heteroatoms. The summed E-state index contributed by atoms with van der Waals surface area (Å²) >= 11 is 0. The van der Waals surface area contributed by atoms with Gasteiger partial charge in [0.1, 0.15) is 12.4 Å². The van der Waals surface area contributed by atoms with Crippen molar-refractivity contribution in [2.24, 2.45) is 11.8 Å². The van der Waals surface area contributed by atoms with Gasteiger partial charge in [-0.15, -0.1) is 0 Å². The van der Waals surface area contributed by atoms with Crippen LogP contribution in [-0.4, -0.2) is 35.7 Å². The molecular weight excluding hydrogens is 404 g/mol. The van der Waals surface area contributed by atoms with Crippen LogP contribution in [-0.2, 0) is 11.4 Å². The summed E-state index contributed by atoms with van der Waals surface area (Å²) < 4.78 is 16.7. The fourth-order valence-corrected chi connectivity index (χ4v) is 5.22. The van der Waals surface area contributed by atoms with Crippen molar-refractivity contribution in [3.63, 3.8) is 0 Å². The third-order valence-electron chi connectivity index (χ3n) is 7.18. The van der Waals surface area contributed by atoms with Gasteiger partial charge in [0, 0.05) is 18.7 Å². The van der Waals surface area contributed by atoms with Crippen LogP contribution in [0.1, 0.15) is 61.6 Å². The molecule has 1 aromatic heterocycles. The number of aryl methyl sites for hydroxylation is 2. The number of amides is 1. The summed E-state index contributed by atoms with van der Waals surface area (Å²) in [5.74, 6) is 3.52. The SMILES string of the molecule is COc1cc(/C=C/C(=O)N2CC[C@H](C)[C@@H]3CCCC[C@@H]32)ccc1OCc1c(C)noc1C. The smallest absolute Gasteiger partial charge is 0.246 e. The van der Waals surface area contributed by atoms with Crippen LogP contribution in [0.4, 0.5) is 0 Å². The maximum Gasteiger partial charge on any atom is 0.246 e. The zero-order chi connectivity index (χ0) is 22.7. The minimum Gasteiger partial charge on any atom is -0.493 e. The minimum absolute atomic E-state index is 0.117. The third-order valence-corrected chi connectivity index (χ3v) is 7.18. The maximum atomic E-state index is 13.0. The fraction of sp³-hybridized carbons (Fsp3) is 0.538. The van der Waals surface area contributed by atoms with E-state index in [2.05, 4.69) is 17.0 Å². The molecule has 32 heavy (non-hydrogen) atoms. The molecule has 2 aliphatic rings. The van der Waals surface area contributed by atoms with Crippen molar-refractivity contribution < 1.29 is 18.8 Å². The molecule has 1 amide bonds. The van der Waals surface area contributed by atoms with Crippen LogP contribution in [0.3, 0.4) is 0 Å². The average Bonchev–Trinajstić information content (AvgIpc) is 3.13. The van der Waals surface area contributed by atoms with E-state index in [1.165, 1.54) is 19.3 Å². The quantitative estimate of drug-likeness (QED) is 0.571. The number of benzene rings is 1. The van der Waals surface area contributed by atoms with Crippen molar-refractivity contribution >= 4 is 12.0 Å². The highest BCUT2D eigenvalue weighted by Crippen LogP contribution is 2.39. The minimum atomic E-state index is 0.117. The van der Waals surface area contributed by atoms with Crippen molar-refractivity contribution in [3.05, 3.63) is 46.9 Å². The zero-order valence-corrected chi connectivity index (χ0v) is 19.6. The predicted molar refractivity (Wildman–Crippen MR) is 124 cm³/mol. The summed E-state index contributed by atoms with van der Waals surface area (Å²) in [5.41, 5.74) is 2.68. The third kappa shape index (κ3) is 4.69. The van der Waals surface area contributed by atoms with Crippen LogP contribution in [0.5, 0.6) is 11.5 Å². The summed E-state index contributed by atoms with van der Waals surface area (Å²) in [5, 5.41) is 3.96. The molecule has 1 aliphatic carbocycles. The topological polar surface area (TPSA) is 64.8 Å². The molecule has 2 fully saturated rings. The monoisotopic (exact) mass is 438 g/mol. The van der Waals surface area contributed by atoms with Crippen molar-refractivity contribution in [2.75, 3.05) is 13.7 Å². The van der Waals surface area contributed by atoms with Crippen LogP contribution in [0, 0.1) is 25.7 Å². The molecule has 3 atom stereocenters.